The summed E-state index contributed by atoms with van der Waals surface area (Å²) in [5, 5.41) is 8.38. The van der Waals surface area contributed by atoms with E-state index in [-0.39, 0.29) is 0 Å². The van der Waals surface area contributed by atoms with Gasteiger partial charge in [0.15, 0.2) is 5.82 Å². The first-order chi connectivity index (χ1) is 17.1. The predicted molar refractivity (Wildman–Crippen MR) is 128 cm³/mol. The highest BCUT2D eigenvalue weighted by atomic mass is 16.5. The third-order valence-corrected chi connectivity index (χ3v) is 5.24. The smallest absolute Gasteiger partial charge is 0.273 e. The first-order valence-electron chi connectivity index (χ1n) is 10.8. The topological polar surface area (TPSA) is 115 Å². The van der Waals surface area contributed by atoms with Crippen LogP contribution in [0.15, 0.2) is 95.6 Å². The summed E-state index contributed by atoms with van der Waals surface area (Å²) in [6.45, 7) is 1.73. The van der Waals surface area contributed by atoms with Gasteiger partial charge in [-0.25, -0.2) is 4.68 Å². The van der Waals surface area contributed by atoms with Gasteiger partial charge in [-0.05, 0) is 43.3 Å². The molecule has 0 spiro atoms. The molecule has 0 aliphatic carbocycles. The molecule has 5 rings (SSSR count). The predicted octanol–water partition coefficient (Wildman–Crippen LogP) is 3.97. The van der Waals surface area contributed by atoms with Crippen molar-refractivity contribution >= 4 is 11.8 Å². The van der Waals surface area contributed by atoms with Crippen molar-refractivity contribution in [1.82, 2.24) is 30.8 Å². The molecule has 3 aromatic carbocycles. The monoisotopic (exact) mass is 464 g/mol. The molecule has 0 atom stereocenters. The van der Waals surface area contributed by atoms with Gasteiger partial charge < -0.3 is 4.52 Å². The number of aryl methyl sites for hydroxylation is 1. The van der Waals surface area contributed by atoms with E-state index in [0.29, 0.717) is 34.1 Å². The molecule has 0 aliphatic heterocycles. The van der Waals surface area contributed by atoms with Crippen molar-refractivity contribution in [2.75, 3.05) is 0 Å². The Bertz CT molecular complexity index is 1470. The minimum absolute atomic E-state index is 0.322. The Kier molecular flexibility index (Phi) is 5.87. The minimum Gasteiger partial charge on any atom is -0.334 e. The SMILES string of the molecule is Cc1noc(-c2ccc(C(=O)NNC(=O)c3cn(-c4ccccc4)nc3-c3ccccc3)cc2)n1. The van der Waals surface area contributed by atoms with Crippen LogP contribution < -0.4 is 10.9 Å². The Hall–Kier alpha value is -5.05. The van der Waals surface area contributed by atoms with Crippen molar-refractivity contribution in [3.63, 3.8) is 0 Å². The largest absolute Gasteiger partial charge is 0.334 e. The van der Waals surface area contributed by atoms with Crippen LogP contribution in [-0.2, 0) is 0 Å². The Morgan fingerprint density at radius 3 is 2.11 bits per heavy atom. The number of benzene rings is 3. The van der Waals surface area contributed by atoms with E-state index < -0.39 is 11.8 Å². The fourth-order valence-electron chi connectivity index (χ4n) is 3.49. The van der Waals surface area contributed by atoms with Crippen LogP contribution in [0.25, 0.3) is 28.4 Å². The Morgan fingerprint density at radius 2 is 1.46 bits per heavy atom. The number of hydrogen-bond acceptors (Lipinski definition) is 6. The first-order valence-corrected chi connectivity index (χ1v) is 10.8. The number of para-hydroxylation sites is 1. The van der Waals surface area contributed by atoms with Crippen LogP contribution in [0.3, 0.4) is 0 Å². The number of carbonyl (C=O) groups excluding carboxylic acids is 2. The number of hydrazine groups is 1. The molecule has 0 saturated carbocycles. The second-order valence-corrected chi connectivity index (χ2v) is 7.67. The van der Waals surface area contributed by atoms with Gasteiger partial charge in [0.05, 0.1) is 11.3 Å². The summed E-state index contributed by atoms with van der Waals surface area (Å²) in [7, 11) is 0. The Labute approximate surface area is 200 Å². The molecule has 0 fully saturated rings. The van der Waals surface area contributed by atoms with E-state index in [1.165, 1.54) is 0 Å². The molecule has 5 aromatic rings. The van der Waals surface area contributed by atoms with Crippen molar-refractivity contribution in [2.45, 2.75) is 6.92 Å². The fraction of sp³-hybridized carbons (Fsp3) is 0.0385. The lowest BCUT2D eigenvalue weighted by molar-refractivity contribution is 0.0847. The summed E-state index contributed by atoms with van der Waals surface area (Å²) in [6.07, 6.45) is 1.64. The average molecular weight is 464 g/mol. The summed E-state index contributed by atoms with van der Waals surface area (Å²) in [5.74, 6) is -0.0673. The maximum Gasteiger partial charge on any atom is 0.273 e. The maximum atomic E-state index is 13.1. The standard InChI is InChI=1S/C26H20N6O3/c1-17-27-26(35-31-17)20-14-12-19(13-15-20)24(33)28-29-25(34)22-16-32(21-10-6-3-7-11-21)30-23(22)18-8-4-2-5-9-18/h2-16H,1H3,(H,28,33)(H,29,34). The van der Waals surface area contributed by atoms with Crippen LogP contribution in [0.2, 0.25) is 0 Å². The molecule has 35 heavy (non-hydrogen) atoms. The van der Waals surface area contributed by atoms with Gasteiger partial charge in [-0.15, -0.1) is 0 Å². The summed E-state index contributed by atoms with van der Waals surface area (Å²) < 4.78 is 6.77. The highest BCUT2D eigenvalue weighted by Crippen LogP contribution is 2.23. The third-order valence-electron chi connectivity index (χ3n) is 5.24. The number of rotatable bonds is 5. The van der Waals surface area contributed by atoms with Crippen LogP contribution in [0.5, 0.6) is 0 Å². The van der Waals surface area contributed by atoms with E-state index in [1.54, 1.807) is 42.1 Å². The number of nitrogens with one attached hydrogen (secondary N) is 2. The van der Waals surface area contributed by atoms with Crippen LogP contribution >= 0.6 is 0 Å². The molecule has 2 aromatic heterocycles. The number of hydrogen-bond donors (Lipinski definition) is 2. The molecule has 2 heterocycles. The molecule has 2 N–H and O–H groups in total. The van der Waals surface area contributed by atoms with E-state index in [2.05, 4.69) is 26.1 Å². The molecule has 2 amide bonds. The Balaban J connectivity index is 1.34. The summed E-state index contributed by atoms with van der Waals surface area (Å²) in [6, 6.07) is 25.5. The number of carbonyl (C=O) groups is 2. The molecular formula is C26H20N6O3. The average Bonchev–Trinajstić information content (AvgIpc) is 3.55. The molecule has 0 radical (unpaired) electrons. The highest BCUT2D eigenvalue weighted by molar-refractivity contribution is 6.02. The highest BCUT2D eigenvalue weighted by Gasteiger charge is 2.19. The number of nitrogens with zero attached hydrogens (tertiary/aromatic N) is 4. The minimum atomic E-state index is -0.489. The van der Waals surface area contributed by atoms with E-state index >= 15 is 0 Å². The van der Waals surface area contributed by atoms with Gasteiger partial charge in [0.1, 0.15) is 5.69 Å². The van der Waals surface area contributed by atoms with Gasteiger partial charge in [-0.3, -0.25) is 20.4 Å². The van der Waals surface area contributed by atoms with Crippen molar-refractivity contribution in [1.29, 1.82) is 0 Å². The summed E-state index contributed by atoms with van der Waals surface area (Å²) in [4.78, 5) is 29.8. The second-order valence-electron chi connectivity index (χ2n) is 7.67. The lowest BCUT2D eigenvalue weighted by atomic mass is 10.1. The molecule has 0 saturated heterocycles. The third kappa shape index (κ3) is 4.69. The van der Waals surface area contributed by atoms with E-state index in [9.17, 15) is 9.59 Å². The first kappa shape index (κ1) is 21.8. The lowest BCUT2D eigenvalue weighted by Gasteiger charge is -2.08. The number of aromatic nitrogens is 4. The van der Waals surface area contributed by atoms with Gasteiger partial charge in [0, 0.05) is 22.9 Å². The van der Waals surface area contributed by atoms with Gasteiger partial charge in [0.2, 0.25) is 0 Å². The van der Waals surface area contributed by atoms with Gasteiger partial charge in [-0.1, -0.05) is 53.7 Å². The zero-order valence-electron chi connectivity index (χ0n) is 18.7. The van der Waals surface area contributed by atoms with Crippen LogP contribution in [-0.4, -0.2) is 31.7 Å². The van der Waals surface area contributed by atoms with E-state index in [1.807, 2.05) is 60.7 Å². The van der Waals surface area contributed by atoms with Crippen molar-refractivity contribution in [2.24, 2.45) is 0 Å². The summed E-state index contributed by atoms with van der Waals surface area (Å²) >= 11 is 0. The maximum absolute atomic E-state index is 13.1. The zero-order valence-corrected chi connectivity index (χ0v) is 18.7. The quantitative estimate of drug-likeness (QED) is 0.380. The molecule has 9 heteroatoms. The normalized spacial score (nSPS) is 10.7. The molecule has 0 aliphatic rings. The van der Waals surface area contributed by atoms with Crippen molar-refractivity contribution in [3.05, 3.63) is 108 Å². The summed E-state index contributed by atoms with van der Waals surface area (Å²) in [5.41, 5.74) is 8.41. The second kappa shape index (κ2) is 9.44. The molecule has 0 unspecified atom stereocenters. The van der Waals surface area contributed by atoms with Crippen molar-refractivity contribution < 1.29 is 14.1 Å². The molecular weight excluding hydrogens is 444 g/mol. The Morgan fingerprint density at radius 1 is 0.800 bits per heavy atom. The van der Waals surface area contributed by atoms with Crippen LogP contribution in [0.1, 0.15) is 26.5 Å². The number of amides is 2. The van der Waals surface area contributed by atoms with Crippen LogP contribution in [0.4, 0.5) is 0 Å². The van der Waals surface area contributed by atoms with E-state index in [4.69, 9.17) is 4.52 Å². The fourth-order valence-corrected chi connectivity index (χ4v) is 3.49. The van der Waals surface area contributed by atoms with Gasteiger partial charge in [0.25, 0.3) is 17.7 Å². The lowest BCUT2D eigenvalue weighted by Crippen LogP contribution is -2.41. The van der Waals surface area contributed by atoms with Crippen molar-refractivity contribution in [3.8, 4) is 28.4 Å². The molecule has 9 nitrogen and oxygen atoms in total. The van der Waals surface area contributed by atoms with Gasteiger partial charge in [-0.2, -0.15) is 10.1 Å². The molecule has 172 valence electrons. The van der Waals surface area contributed by atoms with Crippen LogP contribution in [0, 0.1) is 6.92 Å². The van der Waals surface area contributed by atoms with Gasteiger partial charge >= 0.3 is 0 Å². The zero-order chi connectivity index (χ0) is 24.2. The molecule has 0 bridgehead atoms. The van der Waals surface area contributed by atoms with E-state index in [0.717, 1.165) is 11.3 Å².